The van der Waals surface area contributed by atoms with E-state index in [0.29, 0.717) is 11.4 Å². The number of rotatable bonds is 3. The van der Waals surface area contributed by atoms with E-state index in [2.05, 4.69) is 10.6 Å². The summed E-state index contributed by atoms with van der Waals surface area (Å²) in [5, 5.41) is 5.79. The highest BCUT2D eigenvalue weighted by molar-refractivity contribution is 5.89. The number of anilines is 1. The maximum atomic E-state index is 12.0. The maximum Gasteiger partial charge on any atom is 0.319 e. The van der Waals surface area contributed by atoms with Crippen molar-refractivity contribution >= 4 is 17.7 Å². The summed E-state index contributed by atoms with van der Waals surface area (Å²) in [6.07, 6.45) is 6.94. The van der Waals surface area contributed by atoms with Crippen LogP contribution in [0, 0.1) is 0 Å². The Kier molecular flexibility index (Phi) is 5.60. The highest BCUT2D eigenvalue weighted by atomic mass is 16.5. The van der Waals surface area contributed by atoms with Crippen molar-refractivity contribution in [1.29, 1.82) is 0 Å². The van der Waals surface area contributed by atoms with Crippen LogP contribution in [0.5, 0.6) is 5.75 Å². The van der Waals surface area contributed by atoms with Gasteiger partial charge < -0.3 is 15.4 Å². The van der Waals surface area contributed by atoms with E-state index in [4.69, 9.17) is 4.74 Å². The summed E-state index contributed by atoms with van der Waals surface area (Å²) in [5.74, 6) is 0.0461. The molecule has 0 bridgehead atoms. The summed E-state index contributed by atoms with van der Waals surface area (Å²) in [6, 6.07) is 6.86. The molecular weight excluding hydrogens is 268 g/mol. The Hall–Kier alpha value is -2.04. The molecule has 0 atom stereocenters. The van der Waals surface area contributed by atoms with Crippen molar-refractivity contribution in [1.82, 2.24) is 5.32 Å². The minimum atomic E-state index is -0.380. The van der Waals surface area contributed by atoms with Crippen LogP contribution in [0.25, 0.3) is 0 Å². The molecule has 5 heteroatoms. The Morgan fingerprint density at radius 1 is 1.14 bits per heavy atom. The van der Waals surface area contributed by atoms with Gasteiger partial charge in [-0.2, -0.15) is 0 Å². The van der Waals surface area contributed by atoms with Gasteiger partial charge in [-0.25, -0.2) is 4.79 Å². The molecule has 0 aromatic heterocycles. The number of carbonyl (C=O) groups excluding carboxylic acids is 2. The van der Waals surface area contributed by atoms with Crippen LogP contribution in [0.1, 0.15) is 45.4 Å². The van der Waals surface area contributed by atoms with Crippen molar-refractivity contribution in [3.63, 3.8) is 0 Å². The molecule has 1 fully saturated rings. The van der Waals surface area contributed by atoms with E-state index in [-0.39, 0.29) is 18.0 Å². The van der Waals surface area contributed by atoms with Gasteiger partial charge in [-0.3, -0.25) is 4.79 Å². The van der Waals surface area contributed by atoms with Gasteiger partial charge in [-0.15, -0.1) is 0 Å². The average Bonchev–Trinajstić information content (AvgIpc) is 2.66. The molecule has 2 rings (SSSR count). The zero-order valence-corrected chi connectivity index (χ0v) is 12.4. The largest absolute Gasteiger partial charge is 0.427 e. The molecule has 0 radical (unpaired) electrons. The highest BCUT2D eigenvalue weighted by Gasteiger charge is 2.14. The first-order valence-corrected chi connectivity index (χ1v) is 7.49. The van der Waals surface area contributed by atoms with E-state index in [1.54, 1.807) is 24.3 Å². The smallest absolute Gasteiger partial charge is 0.319 e. The third-order valence-electron chi connectivity index (χ3n) is 3.54. The number of carbonyl (C=O) groups is 2. The summed E-state index contributed by atoms with van der Waals surface area (Å²) < 4.78 is 4.99. The van der Waals surface area contributed by atoms with Crippen LogP contribution in [0.15, 0.2) is 24.3 Å². The number of hydrogen-bond acceptors (Lipinski definition) is 3. The van der Waals surface area contributed by atoms with Crippen LogP contribution in [-0.2, 0) is 4.79 Å². The Morgan fingerprint density at radius 3 is 2.52 bits per heavy atom. The molecule has 114 valence electrons. The average molecular weight is 290 g/mol. The normalized spacial score (nSPS) is 15.9. The van der Waals surface area contributed by atoms with Gasteiger partial charge in [-0.1, -0.05) is 31.7 Å². The van der Waals surface area contributed by atoms with Crippen LogP contribution < -0.4 is 15.4 Å². The topological polar surface area (TPSA) is 67.4 Å². The predicted octanol–water partition coefficient (Wildman–Crippen LogP) is 3.46. The molecule has 2 N–H and O–H groups in total. The maximum absolute atomic E-state index is 12.0. The molecule has 1 saturated carbocycles. The van der Waals surface area contributed by atoms with E-state index in [9.17, 15) is 9.59 Å². The fourth-order valence-electron chi connectivity index (χ4n) is 2.58. The Balaban J connectivity index is 1.88. The number of ether oxygens (including phenoxy) is 1. The second-order valence-corrected chi connectivity index (χ2v) is 5.41. The van der Waals surface area contributed by atoms with E-state index in [0.717, 1.165) is 12.8 Å². The van der Waals surface area contributed by atoms with Crippen LogP contribution in [-0.4, -0.2) is 18.0 Å². The van der Waals surface area contributed by atoms with Crippen molar-refractivity contribution in [2.45, 2.75) is 51.5 Å². The van der Waals surface area contributed by atoms with Gasteiger partial charge in [0.25, 0.3) is 0 Å². The highest BCUT2D eigenvalue weighted by Crippen LogP contribution is 2.19. The minimum absolute atomic E-state index is 0.207. The molecule has 1 aromatic rings. The van der Waals surface area contributed by atoms with Crippen LogP contribution in [0.3, 0.4) is 0 Å². The molecule has 0 unspecified atom stereocenters. The summed E-state index contributed by atoms with van der Waals surface area (Å²) in [5.41, 5.74) is 0.611. The number of amides is 2. The molecule has 1 aliphatic carbocycles. The first-order chi connectivity index (χ1) is 10.1. The second kappa shape index (κ2) is 7.67. The molecule has 5 nitrogen and oxygen atoms in total. The number of urea groups is 1. The molecule has 21 heavy (non-hydrogen) atoms. The lowest BCUT2D eigenvalue weighted by Gasteiger charge is -2.16. The number of esters is 1. The standard InChI is InChI=1S/C16H22N2O3/c1-12(19)21-15-10-6-9-14(11-15)18-16(20)17-13-7-4-2-3-5-8-13/h6,9-11,13H,2-5,7-8H2,1H3,(H2,17,18,20). The third-order valence-corrected chi connectivity index (χ3v) is 3.54. The Labute approximate surface area is 125 Å². The molecule has 1 aromatic carbocycles. The summed E-state index contributed by atoms with van der Waals surface area (Å²) in [7, 11) is 0. The molecule has 0 saturated heterocycles. The van der Waals surface area contributed by atoms with E-state index in [1.807, 2.05) is 0 Å². The molecular formula is C16H22N2O3. The monoisotopic (exact) mass is 290 g/mol. The quantitative estimate of drug-likeness (QED) is 0.509. The van der Waals surface area contributed by atoms with E-state index >= 15 is 0 Å². The lowest BCUT2D eigenvalue weighted by Crippen LogP contribution is -2.37. The van der Waals surface area contributed by atoms with Crippen LogP contribution in [0.2, 0.25) is 0 Å². The first-order valence-electron chi connectivity index (χ1n) is 7.49. The van der Waals surface area contributed by atoms with Crippen LogP contribution >= 0.6 is 0 Å². The molecule has 0 spiro atoms. The number of benzene rings is 1. The van der Waals surface area contributed by atoms with Crippen molar-refractivity contribution in [2.75, 3.05) is 5.32 Å². The zero-order valence-electron chi connectivity index (χ0n) is 12.4. The fourth-order valence-corrected chi connectivity index (χ4v) is 2.58. The summed E-state index contributed by atoms with van der Waals surface area (Å²) >= 11 is 0. The summed E-state index contributed by atoms with van der Waals surface area (Å²) in [6.45, 7) is 1.35. The predicted molar refractivity (Wildman–Crippen MR) is 81.4 cm³/mol. The van der Waals surface area contributed by atoms with Gasteiger partial charge in [0, 0.05) is 24.7 Å². The van der Waals surface area contributed by atoms with Gasteiger partial charge in [0.15, 0.2) is 0 Å². The second-order valence-electron chi connectivity index (χ2n) is 5.41. The third kappa shape index (κ3) is 5.45. The van der Waals surface area contributed by atoms with Crippen molar-refractivity contribution < 1.29 is 14.3 Å². The van der Waals surface area contributed by atoms with E-state index < -0.39 is 0 Å². The molecule has 0 heterocycles. The Bertz CT molecular complexity index is 494. The van der Waals surface area contributed by atoms with Gasteiger partial charge in [0.1, 0.15) is 5.75 Å². The zero-order chi connectivity index (χ0) is 15.1. The number of hydrogen-bond donors (Lipinski definition) is 2. The van der Waals surface area contributed by atoms with Crippen molar-refractivity contribution in [2.24, 2.45) is 0 Å². The molecule has 2 amide bonds. The lowest BCUT2D eigenvalue weighted by atomic mass is 10.1. The number of nitrogens with one attached hydrogen (secondary N) is 2. The van der Waals surface area contributed by atoms with Crippen LogP contribution in [0.4, 0.5) is 10.5 Å². The molecule has 1 aliphatic rings. The first kappa shape index (κ1) is 15.4. The van der Waals surface area contributed by atoms with Crippen molar-refractivity contribution in [3.8, 4) is 5.75 Å². The van der Waals surface area contributed by atoms with Gasteiger partial charge in [-0.05, 0) is 25.0 Å². The minimum Gasteiger partial charge on any atom is -0.427 e. The van der Waals surface area contributed by atoms with Gasteiger partial charge in [0.05, 0.1) is 0 Å². The summed E-state index contributed by atoms with van der Waals surface area (Å²) in [4.78, 5) is 22.9. The van der Waals surface area contributed by atoms with Crippen molar-refractivity contribution in [3.05, 3.63) is 24.3 Å². The van der Waals surface area contributed by atoms with E-state index in [1.165, 1.54) is 32.6 Å². The Morgan fingerprint density at radius 2 is 1.86 bits per heavy atom. The SMILES string of the molecule is CC(=O)Oc1cccc(NC(=O)NC2CCCCCC2)c1. The van der Waals surface area contributed by atoms with Gasteiger partial charge in [0.2, 0.25) is 0 Å². The fraction of sp³-hybridized carbons (Fsp3) is 0.500. The van der Waals surface area contributed by atoms with Gasteiger partial charge >= 0.3 is 12.0 Å². The molecule has 0 aliphatic heterocycles. The lowest BCUT2D eigenvalue weighted by molar-refractivity contribution is -0.131.